The Bertz CT molecular complexity index is 1290. The molecule has 0 saturated carbocycles. The van der Waals surface area contributed by atoms with Crippen molar-refractivity contribution in [2.45, 2.75) is 32.5 Å². The highest BCUT2D eigenvalue weighted by molar-refractivity contribution is 7.80. The number of benzene rings is 1. The first-order chi connectivity index (χ1) is 16.0. The predicted octanol–water partition coefficient (Wildman–Crippen LogP) is 5.20. The average Bonchev–Trinajstić information content (AvgIpc) is 3.30. The third kappa shape index (κ3) is 3.89. The fourth-order valence-corrected chi connectivity index (χ4v) is 5.00. The Labute approximate surface area is 197 Å². The molecule has 33 heavy (non-hydrogen) atoms. The zero-order chi connectivity index (χ0) is 22.9. The second kappa shape index (κ2) is 8.75. The maximum Gasteiger partial charge on any atom is 0.170 e. The van der Waals surface area contributed by atoms with E-state index in [9.17, 15) is 4.39 Å². The van der Waals surface area contributed by atoms with E-state index in [1.165, 1.54) is 6.07 Å². The van der Waals surface area contributed by atoms with Crippen LogP contribution in [0.25, 0.3) is 5.69 Å². The molecule has 1 aliphatic heterocycles. The van der Waals surface area contributed by atoms with E-state index in [1.54, 1.807) is 24.5 Å². The molecular formula is C26H24FN5S. The van der Waals surface area contributed by atoms with Crippen LogP contribution in [0.5, 0.6) is 0 Å². The van der Waals surface area contributed by atoms with Crippen LogP contribution in [-0.4, -0.2) is 24.5 Å². The van der Waals surface area contributed by atoms with Crippen LogP contribution in [0.15, 0.2) is 79.3 Å². The Morgan fingerprint density at radius 1 is 1.03 bits per heavy atom. The number of aryl methyl sites for hydroxylation is 1. The van der Waals surface area contributed by atoms with Crippen LogP contribution in [0.3, 0.4) is 0 Å². The number of aromatic nitrogens is 3. The molecule has 166 valence electrons. The summed E-state index contributed by atoms with van der Waals surface area (Å²) >= 11 is 5.79. The quantitative estimate of drug-likeness (QED) is 0.418. The first kappa shape index (κ1) is 21.3. The molecule has 0 aliphatic carbocycles. The van der Waals surface area contributed by atoms with Crippen molar-refractivity contribution in [1.82, 2.24) is 24.8 Å². The minimum Gasteiger partial charge on any atom is -0.352 e. The lowest BCUT2D eigenvalue weighted by Gasteiger charge is -2.28. The van der Waals surface area contributed by atoms with E-state index < -0.39 is 0 Å². The number of hydrogen-bond donors (Lipinski definition) is 1. The van der Waals surface area contributed by atoms with Gasteiger partial charge in [-0.2, -0.15) is 0 Å². The average molecular weight is 458 g/mol. The molecule has 1 aromatic carbocycles. The number of thiocarbonyl (C=S) groups is 1. The lowest BCUT2D eigenvalue weighted by Crippen LogP contribution is -2.29. The van der Waals surface area contributed by atoms with Gasteiger partial charge < -0.3 is 14.8 Å². The summed E-state index contributed by atoms with van der Waals surface area (Å²) in [4.78, 5) is 11.1. The Balaban J connectivity index is 1.63. The standard InChI is InChI=1S/C26H24FN5S/c1-17-14-20(18(2)32(17)23-11-4-3-9-21(23)27)25-24(22-10-5-6-13-29-22)30-26(33)31(25)16-19-8-7-12-28-15-19/h3-15,24-25H,16H2,1-2H3,(H,30,33)/t24-,25-/m1/s1. The van der Waals surface area contributed by atoms with Gasteiger partial charge >= 0.3 is 0 Å². The molecule has 3 aromatic heterocycles. The Morgan fingerprint density at radius 2 is 1.85 bits per heavy atom. The van der Waals surface area contributed by atoms with Crippen molar-refractivity contribution in [2.75, 3.05) is 0 Å². The molecule has 1 N–H and O–H groups in total. The number of nitrogens with one attached hydrogen (secondary N) is 1. The molecule has 4 aromatic rings. The highest BCUT2D eigenvalue weighted by Gasteiger charge is 2.41. The molecule has 1 fully saturated rings. The summed E-state index contributed by atoms with van der Waals surface area (Å²) in [5.41, 5.74) is 5.55. The maximum atomic E-state index is 14.7. The molecule has 4 heterocycles. The SMILES string of the molecule is Cc1cc([C@@H]2[C@@H](c3ccccn3)NC(=S)N2Cc2cccnc2)c(C)n1-c1ccccc1F. The van der Waals surface area contributed by atoms with Gasteiger partial charge in [-0.05, 0) is 73.6 Å². The largest absolute Gasteiger partial charge is 0.352 e. The van der Waals surface area contributed by atoms with E-state index in [-0.39, 0.29) is 17.9 Å². The first-order valence-corrected chi connectivity index (χ1v) is 11.3. The summed E-state index contributed by atoms with van der Waals surface area (Å²) in [5.74, 6) is -0.251. The van der Waals surface area contributed by atoms with Crippen LogP contribution in [-0.2, 0) is 6.54 Å². The van der Waals surface area contributed by atoms with Gasteiger partial charge in [-0.3, -0.25) is 9.97 Å². The van der Waals surface area contributed by atoms with Crippen molar-refractivity contribution in [3.8, 4) is 5.69 Å². The number of nitrogens with zero attached hydrogens (tertiary/aromatic N) is 4. The smallest absolute Gasteiger partial charge is 0.170 e. The van der Waals surface area contributed by atoms with E-state index >= 15 is 0 Å². The van der Waals surface area contributed by atoms with Crippen molar-refractivity contribution in [2.24, 2.45) is 0 Å². The molecule has 0 amide bonds. The molecule has 5 nitrogen and oxygen atoms in total. The molecule has 7 heteroatoms. The minimum absolute atomic E-state index is 0.112. The van der Waals surface area contributed by atoms with Crippen LogP contribution in [0, 0.1) is 19.7 Å². The Hall–Kier alpha value is -3.58. The minimum atomic E-state index is -0.251. The second-order valence-corrected chi connectivity index (χ2v) is 8.62. The highest BCUT2D eigenvalue weighted by atomic mass is 32.1. The summed E-state index contributed by atoms with van der Waals surface area (Å²) in [5, 5.41) is 4.15. The molecule has 1 aliphatic rings. The lowest BCUT2D eigenvalue weighted by molar-refractivity contribution is 0.310. The number of rotatable bonds is 5. The molecule has 5 rings (SSSR count). The summed E-state index contributed by atoms with van der Waals surface area (Å²) in [6.45, 7) is 4.65. The lowest BCUT2D eigenvalue weighted by atomic mass is 9.96. The third-order valence-electron chi connectivity index (χ3n) is 6.16. The Morgan fingerprint density at radius 3 is 2.58 bits per heavy atom. The van der Waals surface area contributed by atoms with Crippen LogP contribution in [0.4, 0.5) is 4.39 Å². The maximum absolute atomic E-state index is 14.7. The number of pyridine rings is 2. The van der Waals surface area contributed by atoms with Crippen molar-refractivity contribution in [3.63, 3.8) is 0 Å². The normalized spacial score (nSPS) is 17.9. The Kier molecular flexibility index (Phi) is 5.64. The first-order valence-electron chi connectivity index (χ1n) is 10.9. The fourth-order valence-electron chi connectivity index (χ4n) is 4.69. The van der Waals surface area contributed by atoms with Crippen LogP contribution in [0.1, 0.15) is 40.3 Å². The van der Waals surface area contributed by atoms with Crippen molar-refractivity contribution in [1.29, 1.82) is 0 Å². The van der Waals surface area contributed by atoms with Gasteiger partial charge in [-0.1, -0.05) is 24.3 Å². The predicted molar refractivity (Wildman–Crippen MR) is 130 cm³/mol. The van der Waals surface area contributed by atoms with Gasteiger partial charge in [0.05, 0.1) is 23.5 Å². The van der Waals surface area contributed by atoms with Gasteiger partial charge in [0.25, 0.3) is 0 Å². The van der Waals surface area contributed by atoms with Gasteiger partial charge in [0, 0.05) is 36.5 Å². The van der Waals surface area contributed by atoms with E-state index in [0.717, 1.165) is 28.2 Å². The summed E-state index contributed by atoms with van der Waals surface area (Å²) in [6, 6.07) is 18.6. The zero-order valence-electron chi connectivity index (χ0n) is 18.4. The summed E-state index contributed by atoms with van der Waals surface area (Å²) < 4.78 is 16.7. The summed E-state index contributed by atoms with van der Waals surface area (Å²) in [6.07, 6.45) is 5.42. The van der Waals surface area contributed by atoms with E-state index in [0.29, 0.717) is 17.3 Å². The van der Waals surface area contributed by atoms with Gasteiger partial charge in [0.2, 0.25) is 0 Å². The molecular weight excluding hydrogens is 433 g/mol. The van der Waals surface area contributed by atoms with Crippen LogP contribution >= 0.6 is 12.2 Å². The summed E-state index contributed by atoms with van der Waals surface area (Å²) in [7, 11) is 0. The van der Waals surface area contributed by atoms with Crippen molar-refractivity contribution >= 4 is 17.3 Å². The third-order valence-corrected chi connectivity index (χ3v) is 6.51. The van der Waals surface area contributed by atoms with E-state index in [2.05, 4.69) is 26.3 Å². The van der Waals surface area contributed by atoms with Gasteiger partial charge in [0.1, 0.15) is 5.82 Å². The molecule has 2 atom stereocenters. The number of halogens is 1. The molecule has 1 saturated heterocycles. The van der Waals surface area contributed by atoms with Crippen molar-refractivity contribution in [3.05, 3.63) is 113 Å². The molecule has 0 spiro atoms. The van der Waals surface area contributed by atoms with Gasteiger partial charge in [-0.25, -0.2) is 4.39 Å². The zero-order valence-corrected chi connectivity index (χ0v) is 19.3. The van der Waals surface area contributed by atoms with E-state index in [4.69, 9.17) is 12.2 Å². The van der Waals surface area contributed by atoms with E-state index in [1.807, 2.05) is 61.0 Å². The highest BCUT2D eigenvalue weighted by Crippen LogP contribution is 2.42. The van der Waals surface area contributed by atoms with Crippen LogP contribution < -0.4 is 5.32 Å². The molecule has 0 unspecified atom stereocenters. The van der Waals surface area contributed by atoms with Crippen LogP contribution in [0.2, 0.25) is 0 Å². The number of para-hydroxylation sites is 1. The van der Waals surface area contributed by atoms with Gasteiger partial charge in [0.15, 0.2) is 5.11 Å². The van der Waals surface area contributed by atoms with Crippen molar-refractivity contribution < 1.29 is 4.39 Å². The molecule has 0 bridgehead atoms. The fraction of sp³-hybridized carbons (Fsp3) is 0.192. The second-order valence-electron chi connectivity index (χ2n) is 8.23. The number of hydrogen-bond acceptors (Lipinski definition) is 3. The van der Waals surface area contributed by atoms with Gasteiger partial charge in [-0.15, -0.1) is 0 Å². The monoisotopic (exact) mass is 457 g/mol. The topological polar surface area (TPSA) is 46.0 Å². The molecule has 0 radical (unpaired) electrons.